The van der Waals surface area contributed by atoms with Crippen LogP contribution in [0.15, 0.2) is 0 Å². The van der Waals surface area contributed by atoms with Crippen molar-refractivity contribution in [1.82, 2.24) is 9.80 Å². The first-order valence-corrected chi connectivity index (χ1v) is 6.86. The first-order chi connectivity index (χ1) is 8.68. The van der Waals surface area contributed by atoms with Crippen LogP contribution in [-0.4, -0.2) is 61.3 Å². The van der Waals surface area contributed by atoms with Crippen LogP contribution >= 0.6 is 0 Å². The third-order valence-electron chi connectivity index (χ3n) is 4.27. The summed E-state index contributed by atoms with van der Waals surface area (Å²) in [4.78, 5) is 4.43. The zero-order valence-electron chi connectivity index (χ0n) is 12.1. The van der Waals surface area contributed by atoms with Crippen LogP contribution in [0.1, 0.15) is 32.6 Å². The van der Waals surface area contributed by atoms with E-state index in [-0.39, 0.29) is 12.0 Å². The highest BCUT2D eigenvalue weighted by Crippen LogP contribution is 2.30. The van der Waals surface area contributed by atoms with E-state index < -0.39 is 12.6 Å². The Balaban J connectivity index is 2.51. The topological polar surface area (TPSA) is 32.5 Å². The lowest BCUT2D eigenvalue weighted by molar-refractivity contribution is -0.136. The van der Waals surface area contributed by atoms with Crippen LogP contribution in [0.5, 0.6) is 0 Å². The van der Waals surface area contributed by atoms with Crippen molar-refractivity contribution in [2.75, 3.05) is 33.7 Å². The van der Waals surface area contributed by atoms with Gasteiger partial charge in [-0.15, -0.1) is 0 Å². The molecule has 1 rings (SSSR count). The van der Waals surface area contributed by atoms with Gasteiger partial charge in [-0.3, -0.25) is 4.90 Å². The van der Waals surface area contributed by atoms with Gasteiger partial charge in [0.25, 0.3) is 0 Å². The molecule has 19 heavy (non-hydrogen) atoms. The number of rotatable bonds is 6. The van der Waals surface area contributed by atoms with E-state index in [0.717, 1.165) is 19.5 Å². The summed E-state index contributed by atoms with van der Waals surface area (Å²) in [7, 11) is 4.08. The fraction of sp³-hybridized carbons (Fsp3) is 1.00. The summed E-state index contributed by atoms with van der Waals surface area (Å²) in [6, 6.07) is 0.480. The number of alkyl halides is 3. The quantitative estimate of drug-likeness (QED) is 0.809. The molecule has 6 heteroatoms. The van der Waals surface area contributed by atoms with Crippen LogP contribution < -0.4 is 5.73 Å². The molecule has 1 aliphatic rings. The second-order valence-electron chi connectivity index (χ2n) is 6.02. The summed E-state index contributed by atoms with van der Waals surface area (Å²) in [5.41, 5.74) is 5.51. The largest absolute Gasteiger partial charge is 0.389 e. The summed E-state index contributed by atoms with van der Waals surface area (Å²) in [5.74, 6) is 0. The lowest BCUT2D eigenvalue weighted by Gasteiger charge is -2.38. The van der Waals surface area contributed by atoms with Gasteiger partial charge in [0.05, 0.1) is 0 Å². The molecule has 1 aliphatic heterocycles. The van der Waals surface area contributed by atoms with Gasteiger partial charge >= 0.3 is 6.18 Å². The van der Waals surface area contributed by atoms with Gasteiger partial charge in [0, 0.05) is 37.6 Å². The van der Waals surface area contributed by atoms with E-state index in [0.29, 0.717) is 19.0 Å². The number of nitrogens with zero attached hydrogens (tertiary/aromatic N) is 2. The lowest BCUT2D eigenvalue weighted by atomic mass is 9.93. The molecule has 0 aromatic rings. The van der Waals surface area contributed by atoms with Crippen LogP contribution in [0.4, 0.5) is 13.2 Å². The monoisotopic (exact) mass is 281 g/mol. The van der Waals surface area contributed by atoms with E-state index in [2.05, 4.69) is 9.80 Å². The Morgan fingerprint density at radius 1 is 1.26 bits per heavy atom. The minimum atomic E-state index is -4.06. The number of hydrogen-bond donors (Lipinski definition) is 1. The van der Waals surface area contributed by atoms with E-state index in [9.17, 15) is 13.2 Å². The molecule has 2 N–H and O–H groups in total. The van der Waals surface area contributed by atoms with Gasteiger partial charge < -0.3 is 10.6 Å². The molecule has 0 spiro atoms. The number of likely N-dealkylation sites (N-methyl/N-ethyl adjacent to an activating group) is 1. The molecule has 0 amide bonds. The molecule has 2 unspecified atom stereocenters. The Morgan fingerprint density at radius 3 is 2.32 bits per heavy atom. The molecule has 0 radical (unpaired) electrons. The maximum absolute atomic E-state index is 12.2. The zero-order chi connectivity index (χ0) is 14.7. The Bertz CT molecular complexity index is 281. The van der Waals surface area contributed by atoms with Gasteiger partial charge in [-0.05, 0) is 40.3 Å². The number of hydrogen-bond acceptors (Lipinski definition) is 3. The van der Waals surface area contributed by atoms with Crippen LogP contribution in [0.2, 0.25) is 0 Å². The first kappa shape index (κ1) is 16.7. The van der Waals surface area contributed by atoms with Crippen LogP contribution in [0, 0.1) is 0 Å². The Hall–Kier alpha value is -0.330. The van der Waals surface area contributed by atoms with E-state index in [1.807, 2.05) is 21.0 Å². The highest BCUT2D eigenvalue weighted by atomic mass is 19.4. The van der Waals surface area contributed by atoms with Gasteiger partial charge in [-0.1, -0.05) is 0 Å². The van der Waals surface area contributed by atoms with E-state index in [1.165, 1.54) is 0 Å². The van der Waals surface area contributed by atoms with Gasteiger partial charge in [-0.25, -0.2) is 0 Å². The summed E-state index contributed by atoms with van der Waals surface area (Å²) in [6.45, 7) is 4.21. The van der Waals surface area contributed by atoms with E-state index in [4.69, 9.17) is 5.73 Å². The van der Waals surface area contributed by atoms with E-state index in [1.54, 1.807) is 0 Å². The molecule has 1 fully saturated rings. The van der Waals surface area contributed by atoms with Gasteiger partial charge in [0.15, 0.2) is 0 Å². The number of halogens is 3. The third kappa shape index (κ3) is 4.93. The summed E-state index contributed by atoms with van der Waals surface area (Å²) in [6.07, 6.45) is -3.06. The number of nitrogens with two attached hydrogens (primary N) is 1. The predicted octanol–water partition coefficient (Wildman–Crippen LogP) is 2.07. The molecule has 1 saturated heterocycles. The molecule has 0 aromatic heterocycles. The summed E-state index contributed by atoms with van der Waals surface area (Å²) < 4.78 is 36.7. The Morgan fingerprint density at radius 2 is 1.89 bits per heavy atom. The van der Waals surface area contributed by atoms with Crippen LogP contribution in [0.25, 0.3) is 0 Å². The molecule has 0 aromatic carbocycles. The standard InChI is InChI=1S/C13H26F3N3/c1-12(10-17,6-4-7-13(14,15)16)19-8-5-11(9-19)18(2)3/h11H,4-10,17H2,1-3H3. The van der Waals surface area contributed by atoms with Crippen molar-refractivity contribution in [2.45, 2.75) is 50.4 Å². The van der Waals surface area contributed by atoms with Crippen molar-refractivity contribution in [2.24, 2.45) is 5.73 Å². The SMILES string of the molecule is CN(C)C1CCN(C(C)(CN)CCCC(F)(F)F)C1. The minimum Gasteiger partial charge on any atom is -0.329 e. The third-order valence-corrected chi connectivity index (χ3v) is 4.27. The van der Waals surface area contributed by atoms with Crippen molar-refractivity contribution in [1.29, 1.82) is 0 Å². The van der Waals surface area contributed by atoms with Crippen molar-refractivity contribution >= 4 is 0 Å². The van der Waals surface area contributed by atoms with Gasteiger partial charge in [-0.2, -0.15) is 13.2 Å². The lowest BCUT2D eigenvalue weighted by Crippen LogP contribution is -2.51. The van der Waals surface area contributed by atoms with Crippen molar-refractivity contribution in [3.63, 3.8) is 0 Å². The Kier molecular flexibility index (Phi) is 5.65. The maximum Gasteiger partial charge on any atom is 0.389 e. The van der Waals surface area contributed by atoms with Crippen molar-refractivity contribution in [3.05, 3.63) is 0 Å². The molecule has 114 valence electrons. The van der Waals surface area contributed by atoms with Gasteiger partial charge in [0.1, 0.15) is 0 Å². The maximum atomic E-state index is 12.2. The molecule has 0 saturated carbocycles. The second-order valence-corrected chi connectivity index (χ2v) is 6.02. The highest BCUT2D eigenvalue weighted by molar-refractivity contribution is 4.94. The molecular weight excluding hydrogens is 255 g/mol. The molecule has 2 atom stereocenters. The molecule has 3 nitrogen and oxygen atoms in total. The van der Waals surface area contributed by atoms with Crippen molar-refractivity contribution in [3.8, 4) is 0 Å². The second kappa shape index (κ2) is 6.41. The van der Waals surface area contributed by atoms with Crippen LogP contribution in [-0.2, 0) is 0 Å². The smallest absolute Gasteiger partial charge is 0.329 e. The fourth-order valence-corrected chi connectivity index (χ4v) is 2.71. The minimum absolute atomic E-state index is 0.153. The molecule has 1 heterocycles. The average Bonchev–Trinajstić information content (AvgIpc) is 2.76. The fourth-order valence-electron chi connectivity index (χ4n) is 2.71. The number of likely N-dealkylation sites (tertiary alicyclic amines) is 1. The molecule has 0 bridgehead atoms. The first-order valence-electron chi connectivity index (χ1n) is 6.86. The normalized spacial score (nSPS) is 24.9. The average molecular weight is 281 g/mol. The zero-order valence-corrected chi connectivity index (χ0v) is 12.1. The van der Waals surface area contributed by atoms with Crippen LogP contribution in [0.3, 0.4) is 0 Å². The predicted molar refractivity (Wildman–Crippen MR) is 71.0 cm³/mol. The molecule has 0 aliphatic carbocycles. The van der Waals surface area contributed by atoms with E-state index >= 15 is 0 Å². The summed E-state index contributed by atoms with van der Waals surface area (Å²) >= 11 is 0. The summed E-state index contributed by atoms with van der Waals surface area (Å²) in [5, 5.41) is 0. The van der Waals surface area contributed by atoms with Crippen molar-refractivity contribution < 1.29 is 13.2 Å². The Labute approximate surface area is 113 Å². The van der Waals surface area contributed by atoms with Gasteiger partial charge in [0.2, 0.25) is 0 Å². The highest BCUT2D eigenvalue weighted by Gasteiger charge is 2.37. The molecular formula is C13H26F3N3.